The van der Waals surface area contributed by atoms with Gasteiger partial charge in [0.05, 0.1) is 11.9 Å². The van der Waals surface area contributed by atoms with Gasteiger partial charge in [-0.25, -0.2) is 4.99 Å². The summed E-state index contributed by atoms with van der Waals surface area (Å²) in [5.74, 6) is 1.45. The van der Waals surface area contributed by atoms with E-state index in [4.69, 9.17) is 4.84 Å². The summed E-state index contributed by atoms with van der Waals surface area (Å²) >= 11 is 0. The van der Waals surface area contributed by atoms with Crippen molar-refractivity contribution in [3.63, 3.8) is 0 Å². The van der Waals surface area contributed by atoms with Gasteiger partial charge < -0.3 is 4.84 Å². The van der Waals surface area contributed by atoms with E-state index in [-0.39, 0.29) is 0 Å². The number of rotatable bonds is 4. The fraction of sp³-hybridized carbons (Fsp3) is 0. The largest absolute Gasteiger partial charge is 0.373 e. The minimum atomic E-state index is -0.641. The Bertz CT molecular complexity index is 1770. The number of allylic oxidation sites excluding steroid dienone is 2. The summed E-state index contributed by atoms with van der Waals surface area (Å²) < 4.78 is 0. The highest BCUT2D eigenvalue weighted by Gasteiger charge is 2.22. The third kappa shape index (κ3) is 4.48. The van der Waals surface area contributed by atoms with E-state index in [1.807, 2.05) is 36.5 Å². The second-order valence-corrected chi connectivity index (χ2v) is 11.7. The molecule has 7 rings (SSSR count). The van der Waals surface area contributed by atoms with Crippen LogP contribution in [-0.4, -0.2) is 10.9 Å². The van der Waals surface area contributed by atoms with E-state index in [0.717, 1.165) is 22.4 Å². The molecule has 39 heavy (non-hydrogen) atoms. The lowest BCUT2D eigenvalue weighted by atomic mass is 10.0. The summed E-state index contributed by atoms with van der Waals surface area (Å²) in [5, 5.41) is 8.22. The molecule has 2 heterocycles. The molecule has 2 aliphatic heterocycles. The molecule has 186 valence electrons. The van der Waals surface area contributed by atoms with Gasteiger partial charge in [0.2, 0.25) is 0 Å². The van der Waals surface area contributed by atoms with Crippen LogP contribution >= 0.6 is 7.92 Å². The van der Waals surface area contributed by atoms with Crippen molar-refractivity contribution < 1.29 is 4.84 Å². The summed E-state index contributed by atoms with van der Waals surface area (Å²) in [4.78, 5) is 10.9. The van der Waals surface area contributed by atoms with Crippen molar-refractivity contribution in [1.29, 1.82) is 0 Å². The van der Waals surface area contributed by atoms with Crippen LogP contribution in [0.1, 0.15) is 11.1 Å². The highest BCUT2D eigenvalue weighted by atomic mass is 31.1. The summed E-state index contributed by atoms with van der Waals surface area (Å²) in [6.45, 7) is 4.13. The Balaban J connectivity index is 1.24. The number of para-hydroxylation sites is 1. The molecule has 5 aromatic rings. The first-order valence-electron chi connectivity index (χ1n) is 12.9. The Morgan fingerprint density at radius 2 is 1.31 bits per heavy atom. The van der Waals surface area contributed by atoms with Crippen LogP contribution in [-0.2, 0) is 0 Å². The molecule has 0 amide bonds. The van der Waals surface area contributed by atoms with Crippen LogP contribution in [0.5, 0.6) is 5.75 Å². The first-order chi connectivity index (χ1) is 19.2. The Labute approximate surface area is 229 Å². The number of hydrogen-bond acceptors (Lipinski definition) is 3. The predicted molar refractivity (Wildman–Crippen MR) is 165 cm³/mol. The van der Waals surface area contributed by atoms with E-state index in [1.54, 1.807) is 5.06 Å². The van der Waals surface area contributed by atoms with E-state index >= 15 is 0 Å². The lowest BCUT2D eigenvalue weighted by Gasteiger charge is -2.23. The normalized spacial score (nSPS) is 14.3. The van der Waals surface area contributed by atoms with Gasteiger partial charge >= 0.3 is 0 Å². The zero-order chi connectivity index (χ0) is 26.2. The number of amidine groups is 1. The fourth-order valence-electron chi connectivity index (χ4n) is 5.05. The van der Waals surface area contributed by atoms with Crippen LogP contribution < -0.4 is 20.8 Å². The van der Waals surface area contributed by atoms with Crippen molar-refractivity contribution in [2.24, 2.45) is 4.99 Å². The summed E-state index contributed by atoms with van der Waals surface area (Å²) in [7, 11) is -0.641. The first-order valence-corrected chi connectivity index (χ1v) is 14.3. The highest BCUT2D eigenvalue weighted by Crippen LogP contribution is 2.35. The molecule has 0 unspecified atom stereocenters. The average molecular weight is 521 g/mol. The maximum Gasteiger partial charge on any atom is 0.169 e. The van der Waals surface area contributed by atoms with Gasteiger partial charge in [-0.2, -0.15) is 5.06 Å². The molecular weight excluding hydrogens is 495 g/mol. The molecule has 3 nitrogen and oxygen atoms in total. The van der Waals surface area contributed by atoms with Gasteiger partial charge in [-0.15, -0.1) is 0 Å². The van der Waals surface area contributed by atoms with Crippen molar-refractivity contribution in [3.8, 4) is 5.75 Å². The van der Waals surface area contributed by atoms with Crippen molar-refractivity contribution in [2.75, 3.05) is 0 Å². The van der Waals surface area contributed by atoms with Gasteiger partial charge in [0, 0.05) is 11.1 Å². The number of nitrogens with zero attached hydrogens (tertiary/aromatic N) is 2. The van der Waals surface area contributed by atoms with Gasteiger partial charge in [0.25, 0.3) is 0 Å². The van der Waals surface area contributed by atoms with Gasteiger partial charge in [0.15, 0.2) is 11.6 Å². The smallest absolute Gasteiger partial charge is 0.169 e. The molecule has 0 radical (unpaired) electrons. The van der Waals surface area contributed by atoms with Crippen molar-refractivity contribution in [3.05, 3.63) is 157 Å². The van der Waals surface area contributed by atoms with Crippen LogP contribution in [0, 0.1) is 0 Å². The van der Waals surface area contributed by atoms with Crippen LogP contribution in [0.4, 0.5) is 0 Å². The molecule has 0 fully saturated rings. The topological polar surface area (TPSA) is 24.8 Å². The van der Waals surface area contributed by atoms with Crippen LogP contribution in [0.25, 0.3) is 22.0 Å². The first kappa shape index (κ1) is 23.4. The van der Waals surface area contributed by atoms with Crippen molar-refractivity contribution in [2.45, 2.75) is 0 Å². The summed E-state index contributed by atoms with van der Waals surface area (Å²) in [5.41, 5.74) is 3.77. The molecule has 5 aromatic carbocycles. The standard InChI is InChI=1S/C35H25N2OP/c1-25-33-14-8-9-15-34(33)38-37-24-29(19-21-35(37)36-25)27-16-17-28-23-32(20-18-26(28)22-27)39(30-10-4-2-5-11-30)31-12-6-3-7-13-31/h2-24H,1H2. The number of hydroxylamine groups is 2. The molecule has 0 aliphatic carbocycles. The second kappa shape index (κ2) is 9.87. The quantitative estimate of drug-likeness (QED) is 0.234. The Hall–Kier alpha value is -4.72. The third-order valence-electron chi connectivity index (χ3n) is 6.98. The summed E-state index contributed by atoms with van der Waals surface area (Å²) in [6, 6.07) is 43.0. The van der Waals surface area contributed by atoms with Gasteiger partial charge in [-0.05, 0) is 76.6 Å². The minimum absolute atomic E-state index is 0.641. The minimum Gasteiger partial charge on any atom is -0.373 e. The Morgan fingerprint density at radius 3 is 2.08 bits per heavy atom. The number of aliphatic imine (C=N–C) groups is 1. The van der Waals surface area contributed by atoms with E-state index < -0.39 is 7.92 Å². The van der Waals surface area contributed by atoms with E-state index in [2.05, 4.69) is 115 Å². The maximum absolute atomic E-state index is 6.21. The lowest BCUT2D eigenvalue weighted by Crippen LogP contribution is -2.29. The molecule has 0 saturated heterocycles. The SMILES string of the molecule is C=C1N=C2C=CC(c3ccc4cc(P(c5ccccc5)c5ccccc5)ccc4c3)=CN2Oc2ccccc21. The van der Waals surface area contributed by atoms with Crippen LogP contribution in [0.2, 0.25) is 0 Å². The van der Waals surface area contributed by atoms with Crippen LogP contribution in [0.3, 0.4) is 0 Å². The predicted octanol–water partition coefficient (Wildman–Crippen LogP) is 7.19. The Morgan fingerprint density at radius 1 is 0.641 bits per heavy atom. The molecule has 2 aliphatic rings. The number of benzene rings is 5. The zero-order valence-electron chi connectivity index (χ0n) is 21.2. The van der Waals surface area contributed by atoms with E-state index in [9.17, 15) is 0 Å². The molecule has 0 atom stereocenters. The monoisotopic (exact) mass is 520 g/mol. The third-order valence-corrected chi connectivity index (χ3v) is 9.41. The zero-order valence-corrected chi connectivity index (χ0v) is 22.1. The highest BCUT2D eigenvalue weighted by molar-refractivity contribution is 7.79. The molecule has 0 saturated carbocycles. The molecule has 0 spiro atoms. The molecule has 4 heteroatoms. The van der Waals surface area contributed by atoms with Gasteiger partial charge in [0.1, 0.15) is 0 Å². The molecule has 0 aromatic heterocycles. The van der Waals surface area contributed by atoms with Gasteiger partial charge in [-0.1, -0.05) is 104 Å². The molecular formula is C35H25N2OP. The van der Waals surface area contributed by atoms with E-state index in [0.29, 0.717) is 11.5 Å². The average Bonchev–Trinajstić information content (AvgIpc) is 3.13. The fourth-order valence-corrected chi connectivity index (χ4v) is 7.37. The number of fused-ring (bicyclic) bond motifs is 3. The van der Waals surface area contributed by atoms with E-state index in [1.165, 1.54) is 26.7 Å². The maximum atomic E-state index is 6.21. The molecule has 0 bridgehead atoms. The van der Waals surface area contributed by atoms with Crippen molar-refractivity contribution in [1.82, 2.24) is 5.06 Å². The van der Waals surface area contributed by atoms with Crippen LogP contribution in [0.15, 0.2) is 151 Å². The van der Waals surface area contributed by atoms with Crippen molar-refractivity contribution >= 4 is 51.7 Å². The Kier molecular flexibility index (Phi) is 5.92. The number of hydrogen-bond donors (Lipinski definition) is 0. The molecule has 0 N–H and O–H groups in total. The second-order valence-electron chi connectivity index (χ2n) is 9.50. The van der Waals surface area contributed by atoms with Gasteiger partial charge in [-0.3, -0.25) is 0 Å². The summed E-state index contributed by atoms with van der Waals surface area (Å²) in [6.07, 6.45) is 6.06. The lowest BCUT2D eigenvalue weighted by molar-refractivity contribution is 0.0742.